The monoisotopic (exact) mass is 214 g/mol. The van der Waals surface area contributed by atoms with Crippen molar-refractivity contribution in [1.29, 1.82) is 0 Å². The summed E-state index contributed by atoms with van der Waals surface area (Å²) < 4.78 is 0. The van der Waals surface area contributed by atoms with Crippen molar-refractivity contribution < 1.29 is 9.90 Å². The zero-order valence-electron chi connectivity index (χ0n) is 9.41. The van der Waals surface area contributed by atoms with Gasteiger partial charge in [-0.05, 0) is 19.3 Å². The topological polar surface area (TPSA) is 75.4 Å². The molecule has 0 saturated heterocycles. The highest BCUT2D eigenvalue weighted by Gasteiger charge is 2.25. The Morgan fingerprint density at radius 3 is 2.80 bits per heavy atom. The summed E-state index contributed by atoms with van der Waals surface area (Å²) in [6, 6.07) is -0.515. The normalized spacial score (nSPS) is 28.5. The first-order valence-electron chi connectivity index (χ1n) is 5.89. The lowest BCUT2D eigenvalue weighted by molar-refractivity contribution is -0.124. The molecule has 1 rings (SSSR count). The van der Waals surface area contributed by atoms with Crippen molar-refractivity contribution in [3.63, 3.8) is 0 Å². The van der Waals surface area contributed by atoms with Crippen molar-refractivity contribution in [1.82, 2.24) is 5.32 Å². The Morgan fingerprint density at radius 1 is 1.53 bits per heavy atom. The summed E-state index contributed by atoms with van der Waals surface area (Å²) in [6.07, 6.45) is 4.99. The van der Waals surface area contributed by atoms with Gasteiger partial charge in [-0.2, -0.15) is 0 Å². The molecule has 0 bridgehead atoms. The number of rotatable bonds is 4. The molecule has 3 atom stereocenters. The predicted octanol–water partition coefficient (Wildman–Crippen LogP) is 0.533. The van der Waals surface area contributed by atoms with E-state index in [0.29, 0.717) is 6.42 Å². The number of nitrogens with two attached hydrogens (primary N) is 1. The number of carbonyl (C=O) groups is 1. The molecule has 0 spiro atoms. The molecule has 15 heavy (non-hydrogen) atoms. The lowest BCUT2D eigenvalue weighted by Crippen LogP contribution is -2.50. The van der Waals surface area contributed by atoms with Gasteiger partial charge in [0.1, 0.15) is 0 Å². The summed E-state index contributed by atoms with van der Waals surface area (Å²) in [7, 11) is 0. The Balaban J connectivity index is 2.35. The number of amides is 1. The molecule has 1 amide bonds. The van der Waals surface area contributed by atoms with Crippen LogP contribution in [0.2, 0.25) is 0 Å². The maximum absolute atomic E-state index is 11.6. The maximum atomic E-state index is 11.6. The van der Waals surface area contributed by atoms with Gasteiger partial charge >= 0.3 is 0 Å². The standard InChI is InChI=1S/C11H22N2O2/c1-2-5-8(12)11(15)13-9-6-3-4-7-10(9)14/h8-10,14H,2-7,12H2,1H3,(H,13,15)/t8?,9-,10-/m0/s1. The average molecular weight is 214 g/mol. The molecule has 1 aliphatic carbocycles. The minimum Gasteiger partial charge on any atom is -0.391 e. The molecule has 4 N–H and O–H groups in total. The zero-order valence-corrected chi connectivity index (χ0v) is 9.41. The van der Waals surface area contributed by atoms with Crippen LogP contribution in [-0.2, 0) is 4.79 Å². The van der Waals surface area contributed by atoms with Gasteiger partial charge in [0.25, 0.3) is 0 Å². The van der Waals surface area contributed by atoms with E-state index in [9.17, 15) is 9.90 Å². The summed E-state index contributed by atoms with van der Waals surface area (Å²) in [5, 5.41) is 12.5. The van der Waals surface area contributed by atoms with Crippen LogP contribution >= 0.6 is 0 Å². The summed E-state index contributed by atoms with van der Waals surface area (Å²) in [5.41, 5.74) is 5.70. The van der Waals surface area contributed by atoms with Gasteiger partial charge in [-0.1, -0.05) is 26.2 Å². The second-order valence-corrected chi connectivity index (χ2v) is 4.36. The Hall–Kier alpha value is -0.610. The van der Waals surface area contributed by atoms with Crippen molar-refractivity contribution in [2.75, 3.05) is 0 Å². The summed E-state index contributed by atoms with van der Waals surface area (Å²) >= 11 is 0. The molecule has 1 fully saturated rings. The van der Waals surface area contributed by atoms with Gasteiger partial charge in [0.05, 0.1) is 18.2 Å². The van der Waals surface area contributed by atoms with Crippen LogP contribution in [0.4, 0.5) is 0 Å². The average Bonchev–Trinajstić information content (AvgIpc) is 2.21. The molecule has 4 heteroatoms. The fourth-order valence-corrected chi connectivity index (χ4v) is 2.01. The summed E-state index contributed by atoms with van der Waals surface area (Å²) in [6.45, 7) is 2.00. The van der Waals surface area contributed by atoms with Crippen molar-refractivity contribution in [3.8, 4) is 0 Å². The van der Waals surface area contributed by atoms with E-state index in [1.54, 1.807) is 0 Å². The number of carbonyl (C=O) groups excluding carboxylic acids is 1. The SMILES string of the molecule is CCCC(N)C(=O)N[C@H]1CCCC[C@@H]1O. The molecule has 0 radical (unpaired) electrons. The minimum absolute atomic E-state index is 0.0887. The molecular formula is C11H22N2O2. The number of hydrogen-bond acceptors (Lipinski definition) is 3. The highest BCUT2D eigenvalue weighted by Crippen LogP contribution is 2.18. The van der Waals surface area contributed by atoms with Crippen molar-refractivity contribution in [2.45, 2.75) is 63.6 Å². The van der Waals surface area contributed by atoms with Gasteiger partial charge in [-0.25, -0.2) is 0 Å². The first-order valence-corrected chi connectivity index (χ1v) is 5.89. The largest absolute Gasteiger partial charge is 0.391 e. The number of nitrogens with one attached hydrogen (secondary N) is 1. The molecule has 1 saturated carbocycles. The third-order valence-electron chi connectivity index (χ3n) is 2.99. The van der Waals surface area contributed by atoms with Crippen LogP contribution < -0.4 is 11.1 Å². The molecule has 0 aliphatic heterocycles. The van der Waals surface area contributed by atoms with Crippen LogP contribution in [0.5, 0.6) is 0 Å². The lowest BCUT2D eigenvalue weighted by Gasteiger charge is -2.29. The molecule has 1 aliphatic rings. The van der Waals surface area contributed by atoms with E-state index in [-0.39, 0.29) is 11.9 Å². The summed E-state index contributed by atoms with van der Waals surface area (Å²) in [5.74, 6) is -0.122. The number of aliphatic hydroxyl groups is 1. The van der Waals surface area contributed by atoms with Gasteiger partial charge in [-0.3, -0.25) is 4.79 Å². The van der Waals surface area contributed by atoms with Crippen LogP contribution in [-0.4, -0.2) is 29.2 Å². The van der Waals surface area contributed by atoms with Gasteiger partial charge < -0.3 is 16.2 Å². The van der Waals surface area contributed by atoms with Gasteiger partial charge in [-0.15, -0.1) is 0 Å². The van der Waals surface area contributed by atoms with Crippen LogP contribution in [0.1, 0.15) is 45.4 Å². The van der Waals surface area contributed by atoms with E-state index in [2.05, 4.69) is 5.32 Å². The minimum atomic E-state index is -0.427. The van der Waals surface area contributed by atoms with E-state index in [0.717, 1.165) is 32.1 Å². The first kappa shape index (κ1) is 12.5. The summed E-state index contributed by atoms with van der Waals surface area (Å²) in [4.78, 5) is 11.6. The molecule has 4 nitrogen and oxygen atoms in total. The van der Waals surface area contributed by atoms with Crippen LogP contribution in [0.25, 0.3) is 0 Å². The molecule has 0 heterocycles. The van der Waals surface area contributed by atoms with Gasteiger partial charge in [0.2, 0.25) is 5.91 Å². The van der Waals surface area contributed by atoms with E-state index >= 15 is 0 Å². The van der Waals surface area contributed by atoms with E-state index in [1.807, 2.05) is 6.92 Å². The Morgan fingerprint density at radius 2 is 2.20 bits per heavy atom. The molecule has 1 unspecified atom stereocenters. The van der Waals surface area contributed by atoms with Crippen molar-refractivity contribution in [3.05, 3.63) is 0 Å². The molecule has 0 aromatic carbocycles. The number of aliphatic hydroxyl groups excluding tert-OH is 1. The third-order valence-corrected chi connectivity index (χ3v) is 2.99. The van der Waals surface area contributed by atoms with Crippen LogP contribution in [0, 0.1) is 0 Å². The third kappa shape index (κ3) is 3.80. The Labute approximate surface area is 91.2 Å². The molecule has 88 valence electrons. The maximum Gasteiger partial charge on any atom is 0.237 e. The highest BCUT2D eigenvalue weighted by molar-refractivity contribution is 5.81. The van der Waals surface area contributed by atoms with E-state index in [4.69, 9.17) is 5.73 Å². The van der Waals surface area contributed by atoms with Crippen molar-refractivity contribution >= 4 is 5.91 Å². The second-order valence-electron chi connectivity index (χ2n) is 4.36. The van der Waals surface area contributed by atoms with Gasteiger partial charge in [0.15, 0.2) is 0 Å². The zero-order chi connectivity index (χ0) is 11.3. The quantitative estimate of drug-likeness (QED) is 0.639. The first-order chi connectivity index (χ1) is 7.15. The highest BCUT2D eigenvalue weighted by atomic mass is 16.3. The van der Waals surface area contributed by atoms with Gasteiger partial charge in [0, 0.05) is 0 Å². The Bertz CT molecular complexity index is 209. The second kappa shape index (κ2) is 6.08. The molecule has 0 aromatic rings. The van der Waals surface area contributed by atoms with Crippen molar-refractivity contribution in [2.24, 2.45) is 5.73 Å². The predicted molar refractivity (Wildman–Crippen MR) is 59.3 cm³/mol. The van der Waals surface area contributed by atoms with Crippen LogP contribution in [0.15, 0.2) is 0 Å². The molecular weight excluding hydrogens is 192 g/mol. The lowest BCUT2D eigenvalue weighted by atomic mass is 9.92. The van der Waals surface area contributed by atoms with E-state index in [1.165, 1.54) is 0 Å². The fraction of sp³-hybridized carbons (Fsp3) is 0.909. The van der Waals surface area contributed by atoms with Crippen LogP contribution in [0.3, 0.4) is 0 Å². The fourth-order valence-electron chi connectivity index (χ4n) is 2.01. The number of hydrogen-bond donors (Lipinski definition) is 3. The smallest absolute Gasteiger partial charge is 0.237 e. The van der Waals surface area contributed by atoms with E-state index < -0.39 is 12.1 Å². The molecule has 0 aromatic heterocycles. The Kier molecular flexibility index (Phi) is 5.05.